The molecule has 0 unspecified atom stereocenters. The molecule has 0 saturated carbocycles. The van der Waals surface area contributed by atoms with Crippen LogP contribution < -0.4 is 5.32 Å². The monoisotopic (exact) mass is 527 g/mol. The Bertz CT molecular complexity index is 1180. The summed E-state index contributed by atoms with van der Waals surface area (Å²) in [6.45, 7) is 0. The number of benzene rings is 4. The van der Waals surface area contributed by atoms with Crippen molar-refractivity contribution in [3.63, 3.8) is 0 Å². The maximum Gasteiger partial charge on any atom is 0.326 e. The summed E-state index contributed by atoms with van der Waals surface area (Å²) in [6.07, 6.45) is 0.238. The average Bonchev–Trinajstić information content (AvgIpc) is 2.89. The predicted molar refractivity (Wildman–Crippen MR) is 141 cm³/mol. The molecule has 4 rings (SSSR count). The van der Waals surface area contributed by atoms with E-state index in [0.717, 1.165) is 26.7 Å². The van der Waals surface area contributed by atoms with Gasteiger partial charge in [-0.05, 0) is 28.3 Å². The molecule has 0 aliphatic rings. The van der Waals surface area contributed by atoms with Gasteiger partial charge in [0.1, 0.15) is 6.04 Å². The van der Waals surface area contributed by atoms with E-state index in [1.165, 1.54) is 0 Å². The number of rotatable bonds is 9. The lowest BCUT2D eigenvalue weighted by atomic mass is 9.67. The third kappa shape index (κ3) is 5.52. The van der Waals surface area contributed by atoms with Gasteiger partial charge in [0.15, 0.2) is 0 Å². The number of carbonyl (C=O) groups excluding carboxylic acids is 1. The van der Waals surface area contributed by atoms with Crippen LogP contribution in [0.25, 0.3) is 0 Å². The van der Waals surface area contributed by atoms with Crippen molar-refractivity contribution in [3.05, 3.63) is 142 Å². The van der Waals surface area contributed by atoms with Crippen molar-refractivity contribution in [2.45, 2.75) is 24.3 Å². The first kappa shape index (κ1) is 24.4. The highest BCUT2D eigenvalue weighted by Gasteiger charge is 2.39. The lowest BCUT2D eigenvalue weighted by Crippen LogP contribution is -2.45. The van der Waals surface area contributed by atoms with Crippen LogP contribution in [0.3, 0.4) is 0 Å². The molecular formula is C30H26BrNO3. The lowest BCUT2D eigenvalue weighted by Gasteiger charge is -2.36. The van der Waals surface area contributed by atoms with Crippen LogP contribution in [0.1, 0.15) is 28.7 Å². The van der Waals surface area contributed by atoms with Crippen molar-refractivity contribution < 1.29 is 14.7 Å². The Kier molecular flexibility index (Phi) is 7.78. The summed E-state index contributed by atoms with van der Waals surface area (Å²) in [7, 11) is 0. The van der Waals surface area contributed by atoms with Gasteiger partial charge in [-0.2, -0.15) is 0 Å². The fourth-order valence-corrected chi connectivity index (χ4v) is 4.99. The van der Waals surface area contributed by atoms with Crippen LogP contribution >= 0.6 is 15.9 Å². The van der Waals surface area contributed by atoms with Gasteiger partial charge < -0.3 is 10.4 Å². The van der Waals surface area contributed by atoms with E-state index >= 15 is 0 Å². The van der Waals surface area contributed by atoms with E-state index in [2.05, 4.69) is 21.2 Å². The van der Waals surface area contributed by atoms with Crippen molar-refractivity contribution in [1.29, 1.82) is 0 Å². The Morgan fingerprint density at radius 3 is 1.57 bits per heavy atom. The first-order valence-electron chi connectivity index (χ1n) is 11.4. The second kappa shape index (κ2) is 11.2. The highest BCUT2D eigenvalue weighted by atomic mass is 79.9. The number of carbonyl (C=O) groups is 2. The SMILES string of the molecule is O=C(CC(c1ccccc1)(c1ccccc1)c1ccccc1)N[C@H](Cc1ccccc1Br)C(=O)O. The van der Waals surface area contributed by atoms with Gasteiger partial charge >= 0.3 is 5.97 Å². The zero-order chi connectivity index (χ0) is 24.7. The molecule has 0 spiro atoms. The first-order valence-corrected chi connectivity index (χ1v) is 12.2. The number of hydrogen-bond donors (Lipinski definition) is 2. The van der Waals surface area contributed by atoms with Crippen LogP contribution in [-0.2, 0) is 21.4 Å². The molecule has 0 fully saturated rings. The fraction of sp³-hybridized carbons (Fsp3) is 0.133. The molecule has 1 amide bonds. The molecule has 0 aromatic heterocycles. The lowest BCUT2D eigenvalue weighted by molar-refractivity contribution is -0.141. The van der Waals surface area contributed by atoms with Gasteiger partial charge in [0, 0.05) is 17.3 Å². The fourth-order valence-electron chi connectivity index (χ4n) is 4.54. The molecule has 4 aromatic rings. The van der Waals surface area contributed by atoms with Gasteiger partial charge in [-0.25, -0.2) is 4.79 Å². The summed E-state index contributed by atoms with van der Waals surface area (Å²) in [5, 5.41) is 12.7. The van der Waals surface area contributed by atoms with Crippen molar-refractivity contribution >= 4 is 27.8 Å². The maximum absolute atomic E-state index is 13.6. The zero-order valence-electron chi connectivity index (χ0n) is 19.1. The Morgan fingerprint density at radius 2 is 1.14 bits per heavy atom. The summed E-state index contributed by atoms with van der Waals surface area (Å²) < 4.78 is 0.813. The highest BCUT2D eigenvalue weighted by molar-refractivity contribution is 9.10. The maximum atomic E-state index is 13.6. The molecule has 5 heteroatoms. The minimum Gasteiger partial charge on any atom is -0.480 e. The second-order valence-electron chi connectivity index (χ2n) is 8.43. The third-order valence-electron chi connectivity index (χ3n) is 6.24. The van der Waals surface area contributed by atoms with Gasteiger partial charge in [-0.1, -0.05) is 125 Å². The number of aliphatic carboxylic acids is 1. The molecule has 4 aromatic carbocycles. The smallest absolute Gasteiger partial charge is 0.326 e. The molecule has 1 atom stereocenters. The second-order valence-corrected chi connectivity index (χ2v) is 9.29. The quantitative estimate of drug-likeness (QED) is 0.263. The number of hydrogen-bond acceptors (Lipinski definition) is 2. The van der Waals surface area contributed by atoms with Gasteiger partial charge in [0.05, 0.1) is 5.41 Å². The Hall–Kier alpha value is -3.70. The minimum atomic E-state index is -1.07. The van der Waals surface area contributed by atoms with E-state index in [4.69, 9.17) is 0 Å². The van der Waals surface area contributed by atoms with Crippen LogP contribution in [0.2, 0.25) is 0 Å². The molecule has 0 heterocycles. The molecular weight excluding hydrogens is 502 g/mol. The summed E-state index contributed by atoms with van der Waals surface area (Å²) in [5.74, 6) is -1.40. The van der Waals surface area contributed by atoms with Crippen molar-refractivity contribution in [3.8, 4) is 0 Å². The first-order chi connectivity index (χ1) is 17.0. The standard InChI is InChI=1S/C30H26BrNO3/c31-26-19-11-10-12-22(26)20-27(29(34)35)32-28(33)21-30(23-13-4-1-5-14-23,24-15-6-2-7-16-24)25-17-8-3-9-18-25/h1-19,27H,20-21H2,(H,32,33)(H,34,35)/t27-/m1/s1. The largest absolute Gasteiger partial charge is 0.480 e. The zero-order valence-corrected chi connectivity index (χ0v) is 20.7. The third-order valence-corrected chi connectivity index (χ3v) is 7.01. The highest BCUT2D eigenvalue weighted by Crippen LogP contribution is 2.42. The Morgan fingerprint density at radius 1 is 0.714 bits per heavy atom. The predicted octanol–water partition coefficient (Wildman–Crippen LogP) is 5.99. The molecule has 0 radical (unpaired) electrons. The van der Waals surface area contributed by atoms with E-state index in [1.807, 2.05) is 115 Å². The number of carboxylic acid groups (broad SMARTS) is 1. The summed E-state index contributed by atoms with van der Waals surface area (Å²) in [4.78, 5) is 25.7. The molecule has 2 N–H and O–H groups in total. The molecule has 35 heavy (non-hydrogen) atoms. The number of carboxylic acids is 1. The Balaban J connectivity index is 1.74. The molecule has 0 bridgehead atoms. The van der Waals surface area contributed by atoms with Crippen molar-refractivity contribution in [2.75, 3.05) is 0 Å². The van der Waals surface area contributed by atoms with E-state index in [9.17, 15) is 14.7 Å². The van der Waals surface area contributed by atoms with Crippen molar-refractivity contribution in [1.82, 2.24) is 5.32 Å². The van der Waals surface area contributed by atoms with Gasteiger partial charge in [-0.15, -0.1) is 0 Å². The topological polar surface area (TPSA) is 66.4 Å². The molecule has 0 aliphatic heterocycles. The Labute approximate surface area is 213 Å². The van der Waals surface area contributed by atoms with Crippen LogP contribution in [0, 0.1) is 0 Å². The number of halogens is 1. The summed E-state index contributed by atoms with van der Waals surface area (Å²) in [6, 6.07) is 36.1. The van der Waals surface area contributed by atoms with Gasteiger partial charge in [0.2, 0.25) is 5.91 Å². The number of nitrogens with one attached hydrogen (secondary N) is 1. The number of amides is 1. The van der Waals surface area contributed by atoms with Crippen molar-refractivity contribution in [2.24, 2.45) is 0 Å². The normalized spacial score (nSPS) is 12.0. The van der Waals surface area contributed by atoms with E-state index in [1.54, 1.807) is 0 Å². The summed E-state index contributed by atoms with van der Waals surface area (Å²) in [5.41, 5.74) is 2.92. The van der Waals surface area contributed by atoms with Gasteiger partial charge in [0.25, 0.3) is 0 Å². The molecule has 0 aliphatic carbocycles. The van der Waals surface area contributed by atoms with Crippen LogP contribution in [0.15, 0.2) is 120 Å². The molecule has 0 saturated heterocycles. The molecule has 176 valence electrons. The molecule has 4 nitrogen and oxygen atoms in total. The minimum absolute atomic E-state index is 0.0603. The van der Waals surface area contributed by atoms with Crippen LogP contribution in [0.4, 0.5) is 0 Å². The van der Waals surface area contributed by atoms with E-state index in [0.29, 0.717) is 0 Å². The van der Waals surface area contributed by atoms with E-state index in [-0.39, 0.29) is 18.7 Å². The van der Waals surface area contributed by atoms with E-state index < -0.39 is 17.4 Å². The van der Waals surface area contributed by atoms with Crippen LogP contribution in [-0.4, -0.2) is 23.0 Å². The van der Waals surface area contributed by atoms with Crippen LogP contribution in [0.5, 0.6) is 0 Å². The van der Waals surface area contributed by atoms with Gasteiger partial charge in [-0.3, -0.25) is 4.79 Å². The summed E-state index contributed by atoms with van der Waals surface area (Å²) >= 11 is 3.48. The average molecular weight is 528 g/mol.